The topological polar surface area (TPSA) is 163 Å². The highest BCUT2D eigenvalue weighted by atomic mass is 35.7. The van der Waals surface area contributed by atoms with E-state index in [1.807, 2.05) is 58.2 Å². The van der Waals surface area contributed by atoms with Gasteiger partial charge in [-0.25, -0.2) is 28.0 Å². The fraction of sp³-hybridized carbons (Fsp3) is 0.500. The van der Waals surface area contributed by atoms with Crippen LogP contribution in [0.25, 0.3) is 20.9 Å². The van der Waals surface area contributed by atoms with Crippen molar-refractivity contribution < 1.29 is 27.5 Å². The molecule has 2 aromatic carbocycles. The molecule has 0 saturated heterocycles. The van der Waals surface area contributed by atoms with Crippen molar-refractivity contribution in [1.29, 1.82) is 0 Å². The second kappa shape index (κ2) is 21.0. The summed E-state index contributed by atoms with van der Waals surface area (Å²) in [6.45, 7) is 7.36. The number of rotatable bonds is 9. The van der Waals surface area contributed by atoms with Crippen molar-refractivity contribution in [3.05, 3.63) is 70.9 Å². The quantitative estimate of drug-likeness (QED) is 0.110. The number of thiazole rings is 2. The van der Waals surface area contributed by atoms with Gasteiger partial charge >= 0.3 is 12.2 Å². The zero-order chi connectivity index (χ0) is 38.1. The summed E-state index contributed by atoms with van der Waals surface area (Å²) >= 11 is 3.23. The summed E-state index contributed by atoms with van der Waals surface area (Å²) in [5, 5.41) is 8.04. The van der Waals surface area contributed by atoms with Crippen LogP contribution in [0, 0.1) is 0 Å². The first-order valence-corrected chi connectivity index (χ1v) is 22.0. The minimum atomic E-state index is -3.83. The molecule has 2 heterocycles. The Kier molecular flexibility index (Phi) is 17.4. The maximum Gasteiger partial charge on any atom is 0.407 e. The molecule has 0 atom stereocenters. The number of nitrogens with two attached hydrogens (primary N) is 1. The smallest absolute Gasteiger partial charge is 0.407 e. The van der Waals surface area contributed by atoms with Crippen molar-refractivity contribution in [3.8, 4) is 20.9 Å². The van der Waals surface area contributed by atoms with E-state index in [2.05, 4.69) is 20.6 Å². The van der Waals surface area contributed by atoms with E-state index in [9.17, 15) is 18.0 Å². The fourth-order valence-electron chi connectivity index (χ4n) is 6.60. The standard InChI is InChI=1S/C19H23ClN2O4S2.C19H25N3O2S.2CH4/c1-12(2)26-19(23)22-14-9-7-13(8-10-14)18-21-11-16(27-18)15-5-3-4-6-17(15)28(20,24)25;1-12(2)24-19(23)22-14-9-7-13(8-10-14)18-21-11-17(25-18)15-5-3-4-6-16(15)20;;/h3-6,11-14H,7-10H2,1-2H3,(H,22,23);3-6,11-14H,7-10,20H2,1-2H3,(H,22,23);2*1H4. The van der Waals surface area contributed by atoms with Gasteiger partial charge in [0.1, 0.15) is 0 Å². The lowest BCUT2D eigenvalue weighted by Gasteiger charge is -2.28. The Morgan fingerprint density at radius 1 is 0.709 bits per heavy atom. The number of alkyl carbamates (subject to hydrolysis) is 2. The van der Waals surface area contributed by atoms with Crippen LogP contribution < -0.4 is 16.4 Å². The van der Waals surface area contributed by atoms with Crippen molar-refractivity contribution in [2.24, 2.45) is 0 Å². The van der Waals surface area contributed by atoms with Gasteiger partial charge < -0.3 is 25.8 Å². The Hall–Kier alpha value is -3.72. The normalized spacial score (nSPS) is 19.5. The molecule has 0 bridgehead atoms. The van der Waals surface area contributed by atoms with E-state index in [0.29, 0.717) is 17.4 Å². The first-order valence-electron chi connectivity index (χ1n) is 18.0. The Morgan fingerprint density at radius 3 is 1.53 bits per heavy atom. The summed E-state index contributed by atoms with van der Waals surface area (Å²) in [7, 11) is 1.74. The van der Waals surface area contributed by atoms with E-state index < -0.39 is 9.05 Å². The molecule has 2 aromatic heterocycles. The molecule has 0 unspecified atom stereocenters. The van der Waals surface area contributed by atoms with Crippen LogP contribution in [0.15, 0.2) is 65.8 Å². The molecule has 2 aliphatic carbocycles. The molecule has 302 valence electrons. The molecule has 0 spiro atoms. The van der Waals surface area contributed by atoms with Crippen LogP contribution in [0.4, 0.5) is 15.3 Å². The van der Waals surface area contributed by atoms with Gasteiger partial charge in [0, 0.05) is 63.8 Å². The summed E-state index contributed by atoms with van der Waals surface area (Å²) in [5.74, 6) is 0.764. The number of nitrogens with zero attached hydrogens (tertiary/aromatic N) is 2. The van der Waals surface area contributed by atoms with Crippen molar-refractivity contribution in [2.75, 3.05) is 5.73 Å². The first-order chi connectivity index (χ1) is 25.3. The average Bonchev–Trinajstić information content (AvgIpc) is 3.80. The number of amides is 2. The number of anilines is 1. The summed E-state index contributed by atoms with van der Waals surface area (Å²) in [6.07, 6.45) is 10.3. The molecule has 0 aliphatic heterocycles. The number of nitrogens with one attached hydrogen (secondary N) is 2. The van der Waals surface area contributed by atoms with Gasteiger partial charge in [-0.15, -0.1) is 22.7 Å². The lowest BCUT2D eigenvalue weighted by molar-refractivity contribution is 0.108. The minimum absolute atomic E-state index is 0. The number of carbonyl (C=O) groups is 2. The van der Waals surface area contributed by atoms with Gasteiger partial charge in [0.25, 0.3) is 9.05 Å². The molecule has 2 aliphatic rings. The van der Waals surface area contributed by atoms with Gasteiger partial charge in [-0.1, -0.05) is 51.3 Å². The number of hydrogen-bond donors (Lipinski definition) is 3. The van der Waals surface area contributed by atoms with Crippen LogP contribution in [0.2, 0.25) is 0 Å². The van der Waals surface area contributed by atoms with Gasteiger partial charge in [0.2, 0.25) is 0 Å². The molecule has 0 radical (unpaired) electrons. The highest BCUT2D eigenvalue weighted by molar-refractivity contribution is 8.13. The van der Waals surface area contributed by atoms with Gasteiger partial charge in [-0.3, -0.25) is 0 Å². The third-order valence-electron chi connectivity index (χ3n) is 9.17. The second-order valence-electron chi connectivity index (χ2n) is 13.9. The Labute approximate surface area is 339 Å². The zero-order valence-corrected chi connectivity index (χ0v) is 33.6. The monoisotopic (exact) mass is 833 g/mol. The van der Waals surface area contributed by atoms with Gasteiger partial charge in [-0.2, -0.15) is 0 Å². The summed E-state index contributed by atoms with van der Waals surface area (Å²) < 4.78 is 34.0. The summed E-state index contributed by atoms with van der Waals surface area (Å²) in [4.78, 5) is 34.6. The minimum Gasteiger partial charge on any atom is -0.447 e. The summed E-state index contributed by atoms with van der Waals surface area (Å²) in [5.41, 5.74) is 8.48. The zero-order valence-electron chi connectivity index (χ0n) is 30.4. The second-order valence-corrected chi connectivity index (χ2v) is 18.6. The lowest BCUT2D eigenvalue weighted by Crippen LogP contribution is -2.38. The Balaban J connectivity index is 0.000000287. The van der Waals surface area contributed by atoms with Crippen LogP contribution in [-0.4, -0.2) is 54.9 Å². The van der Waals surface area contributed by atoms with E-state index in [1.165, 1.54) is 22.4 Å². The molecule has 55 heavy (non-hydrogen) atoms. The number of ether oxygens (including phenoxy) is 2. The number of nitrogen functional groups attached to an aromatic ring is 1. The van der Waals surface area contributed by atoms with E-state index in [1.54, 1.807) is 35.7 Å². The predicted molar refractivity (Wildman–Crippen MR) is 226 cm³/mol. The molecular weight excluding hydrogens is 778 g/mol. The van der Waals surface area contributed by atoms with Crippen molar-refractivity contribution in [1.82, 2.24) is 20.6 Å². The SMILES string of the molecule is C.C.CC(C)OC(=O)NC1CCC(c2ncc(-c3ccccc3N)s2)CC1.CC(C)OC(=O)NC1CCC(c2ncc(-c3ccccc3S(=O)(=O)Cl)s2)CC1. The van der Waals surface area contributed by atoms with Gasteiger partial charge in [0.05, 0.1) is 36.9 Å². The highest BCUT2D eigenvalue weighted by Gasteiger charge is 2.28. The van der Waals surface area contributed by atoms with Crippen LogP contribution >= 0.6 is 33.4 Å². The molecule has 4 N–H and O–H groups in total. The molecule has 15 heteroatoms. The highest BCUT2D eigenvalue weighted by Crippen LogP contribution is 2.41. The number of benzene rings is 2. The van der Waals surface area contributed by atoms with Crippen molar-refractivity contribution in [2.45, 2.75) is 135 Å². The lowest BCUT2D eigenvalue weighted by atomic mass is 9.86. The average molecular weight is 835 g/mol. The molecule has 4 aromatic rings. The van der Waals surface area contributed by atoms with Gasteiger partial charge in [0.15, 0.2) is 0 Å². The third-order valence-corrected chi connectivity index (χ3v) is 12.9. The number of aromatic nitrogens is 2. The maximum atomic E-state index is 11.8. The van der Waals surface area contributed by atoms with Crippen LogP contribution in [0.5, 0.6) is 0 Å². The van der Waals surface area contributed by atoms with E-state index in [4.69, 9.17) is 25.9 Å². The maximum absolute atomic E-state index is 11.8. The van der Waals surface area contributed by atoms with Crippen LogP contribution in [0.1, 0.15) is 116 Å². The Morgan fingerprint density at radius 2 is 1.11 bits per heavy atom. The van der Waals surface area contributed by atoms with Crippen LogP contribution in [-0.2, 0) is 18.5 Å². The third kappa shape index (κ3) is 13.2. The van der Waals surface area contributed by atoms with E-state index in [0.717, 1.165) is 77.4 Å². The fourth-order valence-corrected chi connectivity index (χ4v) is 10.0. The van der Waals surface area contributed by atoms with E-state index in [-0.39, 0.29) is 56.2 Å². The van der Waals surface area contributed by atoms with Crippen LogP contribution in [0.3, 0.4) is 0 Å². The molecule has 2 saturated carbocycles. The number of halogens is 1. The predicted octanol–water partition coefficient (Wildman–Crippen LogP) is 10.7. The molecule has 11 nitrogen and oxygen atoms in total. The first kappa shape index (κ1) is 45.7. The summed E-state index contributed by atoms with van der Waals surface area (Å²) in [6, 6.07) is 14.9. The largest absolute Gasteiger partial charge is 0.447 e. The molecule has 2 fully saturated rings. The van der Waals surface area contributed by atoms with Gasteiger partial charge in [-0.05, 0) is 91.2 Å². The Bertz CT molecular complexity index is 1930. The number of hydrogen-bond acceptors (Lipinski definition) is 11. The van der Waals surface area contributed by atoms with Crippen molar-refractivity contribution in [3.63, 3.8) is 0 Å². The number of para-hydroxylation sites is 1. The molecular formula is C40H56ClN5O6S3. The molecule has 2 amide bonds. The van der Waals surface area contributed by atoms with Crippen molar-refractivity contribution >= 4 is 60.3 Å². The number of carbonyl (C=O) groups excluding carboxylic acids is 2. The molecule has 6 rings (SSSR count). The van der Waals surface area contributed by atoms with E-state index >= 15 is 0 Å².